The third kappa shape index (κ3) is 2.34. The van der Waals surface area contributed by atoms with Gasteiger partial charge in [0.25, 0.3) is 5.91 Å². The quantitative estimate of drug-likeness (QED) is 0.715. The summed E-state index contributed by atoms with van der Waals surface area (Å²) in [6.07, 6.45) is 1.47. The number of carbonyl (C=O) groups excluding carboxylic acids is 1. The van der Waals surface area contributed by atoms with Crippen molar-refractivity contribution in [2.45, 2.75) is 13.8 Å². The summed E-state index contributed by atoms with van der Waals surface area (Å²) in [5, 5.41) is 13.4. The lowest BCUT2D eigenvalue weighted by Crippen LogP contribution is -2.18. The number of nitrogens with one attached hydrogen (secondary N) is 2. The van der Waals surface area contributed by atoms with Gasteiger partial charge in [0.2, 0.25) is 0 Å². The molecule has 0 bridgehead atoms. The first-order chi connectivity index (χ1) is 8.91. The molecule has 2 aromatic heterocycles. The molecule has 0 spiro atoms. The van der Waals surface area contributed by atoms with Gasteiger partial charge in [0, 0.05) is 12.7 Å². The zero-order valence-corrected chi connectivity index (χ0v) is 11.6. The average Bonchev–Trinajstić information content (AvgIpc) is 2.85. The number of hydrogen-bond donors (Lipinski definition) is 3. The fourth-order valence-electron chi connectivity index (χ4n) is 1.85. The van der Waals surface area contributed by atoms with E-state index in [-0.39, 0.29) is 10.9 Å². The highest BCUT2D eigenvalue weighted by molar-refractivity contribution is 7.80. The second-order valence-corrected chi connectivity index (χ2v) is 4.59. The summed E-state index contributed by atoms with van der Waals surface area (Å²) in [6.45, 7) is 3.61. The van der Waals surface area contributed by atoms with E-state index in [0.717, 1.165) is 5.69 Å². The molecule has 2 aromatic rings. The summed E-state index contributed by atoms with van der Waals surface area (Å²) >= 11 is 4.88. The summed E-state index contributed by atoms with van der Waals surface area (Å²) in [6, 6.07) is 0. The van der Waals surface area contributed by atoms with Crippen molar-refractivity contribution < 1.29 is 4.79 Å². The maximum Gasteiger partial charge on any atom is 0.260 e. The van der Waals surface area contributed by atoms with Crippen LogP contribution in [0.5, 0.6) is 0 Å². The normalized spacial score (nSPS) is 10.5. The Morgan fingerprint density at radius 1 is 1.53 bits per heavy atom. The molecule has 19 heavy (non-hydrogen) atoms. The smallest absolute Gasteiger partial charge is 0.260 e. The minimum Gasteiger partial charge on any atom is -0.389 e. The van der Waals surface area contributed by atoms with Gasteiger partial charge in [0.05, 0.1) is 23.0 Å². The first-order valence-electron chi connectivity index (χ1n) is 5.56. The third-order valence-corrected chi connectivity index (χ3v) is 3.10. The van der Waals surface area contributed by atoms with Crippen LogP contribution >= 0.6 is 12.2 Å². The molecule has 0 aliphatic carbocycles. The molecule has 1 amide bonds. The fraction of sp³-hybridized carbons (Fsp3) is 0.273. The van der Waals surface area contributed by atoms with Crippen molar-refractivity contribution in [3.05, 3.63) is 28.7 Å². The minimum atomic E-state index is -0.273. The molecule has 2 rings (SSSR count). The van der Waals surface area contributed by atoms with Crippen molar-refractivity contribution in [2.24, 2.45) is 12.8 Å². The predicted octanol–water partition coefficient (Wildman–Crippen LogP) is 0.647. The molecule has 2 heterocycles. The van der Waals surface area contributed by atoms with Crippen molar-refractivity contribution in [3.63, 3.8) is 0 Å². The van der Waals surface area contributed by atoms with E-state index in [1.165, 1.54) is 6.20 Å². The van der Waals surface area contributed by atoms with Crippen LogP contribution < -0.4 is 11.1 Å². The van der Waals surface area contributed by atoms with Gasteiger partial charge < -0.3 is 11.1 Å². The first kappa shape index (κ1) is 13.2. The number of aromatic nitrogens is 4. The maximum absolute atomic E-state index is 12.2. The van der Waals surface area contributed by atoms with E-state index in [0.29, 0.717) is 22.6 Å². The van der Waals surface area contributed by atoms with Crippen LogP contribution in [0.2, 0.25) is 0 Å². The van der Waals surface area contributed by atoms with Crippen LogP contribution in [-0.2, 0) is 7.05 Å². The van der Waals surface area contributed by atoms with E-state index in [1.807, 2.05) is 6.92 Å². The lowest BCUT2D eigenvalue weighted by atomic mass is 10.2. The Kier molecular flexibility index (Phi) is 3.34. The molecule has 0 fully saturated rings. The number of anilines is 1. The number of nitrogens with two attached hydrogens (primary N) is 1. The highest BCUT2D eigenvalue weighted by Crippen LogP contribution is 2.16. The first-order valence-corrected chi connectivity index (χ1v) is 5.97. The number of hydrogen-bond acceptors (Lipinski definition) is 4. The number of rotatable bonds is 3. The number of aromatic amines is 1. The van der Waals surface area contributed by atoms with Gasteiger partial charge in [-0.15, -0.1) is 0 Å². The summed E-state index contributed by atoms with van der Waals surface area (Å²) in [4.78, 5) is 12.4. The second-order valence-electron chi connectivity index (χ2n) is 4.15. The molecule has 7 nitrogen and oxygen atoms in total. The van der Waals surface area contributed by atoms with Crippen LogP contribution in [0.4, 0.5) is 5.82 Å². The predicted molar refractivity (Wildman–Crippen MR) is 75.1 cm³/mol. The Bertz CT molecular complexity index is 656. The van der Waals surface area contributed by atoms with Crippen LogP contribution in [0, 0.1) is 13.8 Å². The molecule has 4 N–H and O–H groups in total. The lowest BCUT2D eigenvalue weighted by molar-refractivity contribution is 0.102. The number of nitrogens with zero attached hydrogens (tertiary/aromatic N) is 3. The Morgan fingerprint density at radius 3 is 2.74 bits per heavy atom. The number of carbonyl (C=O) groups is 1. The van der Waals surface area contributed by atoms with Crippen LogP contribution in [0.25, 0.3) is 0 Å². The van der Waals surface area contributed by atoms with Crippen LogP contribution in [0.1, 0.15) is 27.3 Å². The highest BCUT2D eigenvalue weighted by atomic mass is 32.1. The number of aryl methyl sites for hydroxylation is 2. The third-order valence-electron chi connectivity index (χ3n) is 2.88. The van der Waals surface area contributed by atoms with Gasteiger partial charge >= 0.3 is 0 Å². The van der Waals surface area contributed by atoms with Gasteiger partial charge in [-0.05, 0) is 13.8 Å². The SMILES string of the molecule is Cc1nn(C)c(C)c1C(=O)Nc1[nH]ncc1C(N)=S. The number of amides is 1. The molecule has 0 atom stereocenters. The molecular formula is C11H14N6OS. The molecule has 0 saturated heterocycles. The Hall–Kier alpha value is -2.22. The summed E-state index contributed by atoms with van der Waals surface area (Å²) in [7, 11) is 1.79. The minimum absolute atomic E-state index is 0.170. The summed E-state index contributed by atoms with van der Waals surface area (Å²) < 4.78 is 1.66. The Labute approximate surface area is 115 Å². The topological polar surface area (TPSA) is 102 Å². The molecule has 8 heteroatoms. The van der Waals surface area contributed by atoms with Gasteiger partial charge in [-0.1, -0.05) is 12.2 Å². The van der Waals surface area contributed by atoms with Crippen molar-refractivity contribution in [3.8, 4) is 0 Å². The van der Waals surface area contributed by atoms with Crippen molar-refractivity contribution in [1.82, 2.24) is 20.0 Å². The molecule has 0 unspecified atom stereocenters. The Balaban J connectivity index is 2.31. The average molecular weight is 278 g/mol. The summed E-state index contributed by atoms with van der Waals surface area (Å²) in [5.74, 6) is 0.116. The standard InChI is InChI=1S/C11H14N6OS/c1-5-8(6(2)17(3)16-5)11(18)14-10-7(9(12)19)4-13-15-10/h4H,1-3H3,(H2,12,19)(H2,13,14,15,18). The molecule has 100 valence electrons. The van der Waals surface area contributed by atoms with Gasteiger partial charge in [-0.3, -0.25) is 14.6 Å². The van der Waals surface area contributed by atoms with Crippen molar-refractivity contribution in [2.75, 3.05) is 5.32 Å². The largest absolute Gasteiger partial charge is 0.389 e. The summed E-state index contributed by atoms with van der Waals surface area (Å²) in [5.41, 5.74) is 8.02. The second kappa shape index (κ2) is 4.81. The monoisotopic (exact) mass is 278 g/mol. The van der Waals surface area contributed by atoms with Crippen molar-refractivity contribution >= 4 is 28.9 Å². The lowest BCUT2D eigenvalue weighted by Gasteiger charge is -2.05. The van der Waals surface area contributed by atoms with Gasteiger partial charge in [-0.2, -0.15) is 10.2 Å². The van der Waals surface area contributed by atoms with E-state index < -0.39 is 0 Å². The van der Waals surface area contributed by atoms with Crippen LogP contribution in [0.3, 0.4) is 0 Å². The fourth-order valence-corrected chi connectivity index (χ4v) is 2.00. The molecular weight excluding hydrogens is 264 g/mol. The van der Waals surface area contributed by atoms with Gasteiger partial charge in [0.15, 0.2) is 0 Å². The van der Waals surface area contributed by atoms with E-state index in [9.17, 15) is 4.79 Å². The van der Waals surface area contributed by atoms with Crippen LogP contribution in [-0.4, -0.2) is 30.9 Å². The molecule has 0 aromatic carbocycles. The van der Waals surface area contributed by atoms with Gasteiger partial charge in [0.1, 0.15) is 10.8 Å². The van der Waals surface area contributed by atoms with E-state index in [1.54, 1.807) is 18.7 Å². The van der Waals surface area contributed by atoms with Crippen LogP contribution in [0.15, 0.2) is 6.20 Å². The zero-order chi connectivity index (χ0) is 14.2. The molecule has 0 aliphatic heterocycles. The van der Waals surface area contributed by atoms with Crippen molar-refractivity contribution in [1.29, 1.82) is 0 Å². The zero-order valence-electron chi connectivity index (χ0n) is 10.8. The molecule has 0 aliphatic rings. The van der Waals surface area contributed by atoms with E-state index >= 15 is 0 Å². The Morgan fingerprint density at radius 2 is 2.21 bits per heavy atom. The van der Waals surface area contributed by atoms with E-state index in [4.69, 9.17) is 18.0 Å². The number of thiocarbonyl (C=S) groups is 1. The van der Waals surface area contributed by atoms with E-state index in [2.05, 4.69) is 20.6 Å². The molecule has 0 radical (unpaired) electrons. The van der Waals surface area contributed by atoms with Gasteiger partial charge in [-0.25, -0.2) is 0 Å². The highest BCUT2D eigenvalue weighted by Gasteiger charge is 2.19. The molecule has 0 saturated carbocycles. The maximum atomic E-state index is 12.2. The number of H-pyrrole nitrogens is 1.